The van der Waals surface area contributed by atoms with E-state index in [0.717, 1.165) is 44.5 Å². The Morgan fingerprint density at radius 1 is 1.27 bits per heavy atom. The second-order valence-electron chi connectivity index (χ2n) is 5.98. The first-order valence-electron chi connectivity index (χ1n) is 7.85. The molecular weight excluding hydrogens is 420 g/mol. The third kappa shape index (κ3) is 2.65. The van der Waals surface area contributed by atoms with Gasteiger partial charge in [0.05, 0.1) is 42.1 Å². The number of fused-ring (bicyclic) bond motifs is 5. The van der Waals surface area contributed by atoms with Gasteiger partial charge in [0.15, 0.2) is 11.6 Å². The molecular formula is C17H14BrClN6O. The van der Waals surface area contributed by atoms with Gasteiger partial charge in [-0.1, -0.05) is 21.1 Å². The largest absolute Gasteiger partial charge is 0.364 e. The maximum absolute atomic E-state index is 4.90. The van der Waals surface area contributed by atoms with Gasteiger partial charge in [0.1, 0.15) is 6.26 Å². The van der Waals surface area contributed by atoms with Gasteiger partial charge in [0.25, 0.3) is 0 Å². The average Bonchev–Trinajstić information content (AvgIpc) is 3.30. The third-order valence-electron chi connectivity index (χ3n) is 4.38. The van der Waals surface area contributed by atoms with Crippen LogP contribution in [0.3, 0.4) is 0 Å². The molecule has 0 unspecified atom stereocenters. The zero-order valence-electron chi connectivity index (χ0n) is 13.8. The molecule has 7 nitrogen and oxygen atoms in total. The second-order valence-corrected chi connectivity index (χ2v) is 6.90. The van der Waals surface area contributed by atoms with Crippen molar-refractivity contribution in [1.29, 1.82) is 0 Å². The number of aryl methyl sites for hydroxylation is 1. The van der Waals surface area contributed by atoms with Gasteiger partial charge < -0.3 is 9.09 Å². The smallest absolute Gasteiger partial charge is 0.160 e. The quantitative estimate of drug-likeness (QED) is 0.425. The van der Waals surface area contributed by atoms with Crippen molar-refractivity contribution >= 4 is 28.3 Å². The Hall–Kier alpha value is -2.45. The fraction of sp³-hybridized carbons (Fsp3) is 0.176. The molecule has 1 aliphatic heterocycles. The number of rotatable bonds is 2. The Balaban J connectivity index is 0.00000168. The van der Waals surface area contributed by atoms with Gasteiger partial charge in [-0.25, -0.2) is 14.6 Å². The summed E-state index contributed by atoms with van der Waals surface area (Å²) in [7, 11) is 0. The molecule has 4 heterocycles. The predicted molar refractivity (Wildman–Crippen MR) is 101 cm³/mol. The van der Waals surface area contributed by atoms with Crippen LogP contribution < -0.4 is 0 Å². The summed E-state index contributed by atoms with van der Waals surface area (Å²) < 4.78 is 9.96. The molecule has 3 aromatic heterocycles. The molecule has 0 aliphatic carbocycles. The van der Waals surface area contributed by atoms with E-state index in [9.17, 15) is 0 Å². The molecule has 0 radical (unpaired) electrons. The SMILES string of the molecule is Cc1ncn2c1Cn1nc(Cc3ccon3)nc1-c1cc(Br)ccc1-2.Cl. The van der Waals surface area contributed by atoms with Gasteiger partial charge in [0.2, 0.25) is 0 Å². The van der Waals surface area contributed by atoms with Crippen molar-refractivity contribution in [1.82, 2.24) is 29.5 Å². The number of imidazole rings is 1. The molecule has 9 heteroatoms. The zero-order valence-corrected chi connectivity index (χ0v) is 16.2. The van der Waals surface area contributed by atoms with Gasteiger partial charge >= 0.3 is 0 Å². The van der Waals surface area contributed by atoms with Crippen LogP contribution in [0, 0.1) is 6.92 Å². The van der Waals surface area contributed by atoms with Gasteiger partial charge in [-0.15, -0.1) is 12.4 Å². The van der Waals surface area contributed by atoms with Crippen molar-refractivity contribution in [3.63, 3.8) is 0 Å². The lowest BCUT2D eigenvalue weighted by atomic mass is 10.1. The topological polar surface area (TPSA) is 74.6 Å². The number of aromatic nitrogens is 6. The third-order valence-corrected chi connectivity index (χ3v) is 4.87. The molecule has 0 bridgehead atoms. The van der Waals surface area contributed by atoms with Gasteiger partial charge in [0, 0.05) is 16.1 Å². The Morgan fingerprint density at radius 3 is 2.96 bits per heavy atom. The van der Waals surface area contributed by atoms with Gasteiger partial charge in [-0.2, -0.15) is 5.10 Å². The maximum atomic E-state index is 4.90. The standard InChI is InChI=1S/C17H13BrN6O.ClH/c1-10-15-8-24-17(20-16(21-24)7-12-4-5-25-22-12)13-6-11(18)2-3-14(13)23(15)9-19-10;/h2-6,9H,7-8H2,1H3;1H. The van der Waals surface area contributed by atoms with Crippen LogP contribution in [0.15, 0.2) is 45.9 Å². The predicted octanol–water partition coefficient (Wildman–Crippen LogP) is 3.56. The summed E-state index contributed by atoms with van der Waals surface area (Å²) in [5.74, 6) is 1.57. The summed E-state index contributed by atoms with van der Waals surface area (Å²) >= 11 is 3.56. The number of hydrogen-bond donors (Lipinski definition) is 0. The zero-order chi connectivity index (χ0) is 17.0. The first kappa shape index (κ1) is 17.0. The molecule has 26 heavy (non-hydrogen) atoms. The normalized spacial score (nSPS) is 11.9. The summed E-state index contributed by atoms with van der Waals surface area (Å²) in [5, 5.41) is 8.65. The molecule has 0 spiro atoms. The van der Waals surface area contributed by atoms with Crippen molar-refractivity contribution in [2.24, 2.45) is 0 Å². The van der Waals surface area contributed by atoms with E-state index in [2.05, 4.69) is 42.8 Å². The molecule has 4 aromatic rings. The fourth-order valence-corrected chi connectivity index (χ4v) is 3.53. The molecule has 1 aromatic carbocycles. The molecule has 0 N–H and O–H groups in total. The fourth-order valence-electron chi connectivity index (χ4n) is 3.16. The Labute approximate surface area is 163 Å². The number of nitrogens with zero attached hydrogens (tertiary/aromatic N) is 6. The first-order chi connectivity index (χ1) is 12.2. The first-order valence-corrected chi connectivity index (χ1v) is 8.64. The van der Waals surface area contributed by atoms with Crippen LogP contribution in [0.2, 0.25) is 0 Å². The van der Waals surface area contributed by atoms with Crippen LogP contribution in [0.5, 0.6) is 0 Å². The van der Waals surface area contributed by atoms with Crippen LogP contribution in [0.25, 0.3) is 17.1 Å². The minimum Gasteiger partial charge on any atom is -0.364 e. The van der Waals surface area contributed by atoms with Crippen LogP contribution >= 0.6 is 28.3 Å². The number of halogens is 2. The summed E-state index contributed by atoms with van der Waals surface area (Å²) in [6.07, 6.45) is 3.96. The van der Waals surface area contributed by atoms with E-state index in [4.69, 9.17) is 14.6 Å². The van der Waals surface area contributed by atoms with Crippen molar-refractivity contribution in [2.45, 2.75) is 19.9 Å². The van der Waals surface area contributed by atoms with Crippen LogP contribution in [-0.4, -0.2) is 29.5 Å². The summed E-state index contributed by atoms with van der Waals surface area (Å²) in [6.45, 7) is 2.64. The monoisotopic (exact) mass is 432 g/mol. The highest BCUT2D eigenvalue weighted by Gasteiger charge is 2.24. The lowest BCUT2D eigenvalue weighted by molar-refractivity contribution is 0.412. The second kappa shape index (κ2) is 6.37. The van der Waals surface area contributed by atoms with Crippen LogP contribution in [0.1, 0.15) is 22.9 Å². The van der Waals surface area contributed by atoms with E-state index in [0.29, 0.717) is 13.0 Å². The van der Waals surface area contributed by atoms with Crippen LogP contribution in [0.4, 0.5) is 0 Å². The highest BCUT2D eigenvalue weighted by Crippen LogP contribution is 2.33. The minimum absolute atomic E-state index is 0. The molecule has 5 rings (SSSR count). The van der Waals surface area contributed by atoms with E-state index in [1.54, 1.807) is 6.26 Å². The Kier molecular flexibility index (Phi) is 4.16. The number of benzene rings is 1. The summed E-state index contributed by atoms with van der Waals surface area (Å²) in [4.78, 5) is 9.25. The Morgan fingerprint density at radius 2 is 2.15 bits per heavy atom. The molecule has 0 atom stereocenters. The highest BCUT2D eigenvalue weighted by atomic mass is 79.9. The molecule has 132 valence electrons. The minimum atomic E-state index is 0. The summed E-state index contributed by atoms with van der Waals surface area (Å²) in [5.41, 5.74) is 4.99. The van der Waals surface area contributed by atoms with Crippen molar-refractivity contribution < 1.29 is 4.52 Å². The van der Waals surface area contributed by atoms with Crippen molar-refractivity contribution in [3.8, 4) is 17.1 Å². The summed E-state index contributed by atoms with van der Waals surface area (Å²) in [6, 6.07) is 8.00. The highest BCUT2D eigenvalue weighted by molar-refractivity contribution is 9.10. The number of hydrogen-bond acceptors (Lipinski definition) is 5. The average molecular weight is 434 g/mol. The maximum Gasteiger partial charge on any atom is 0.160 e. The molecule has 0 fully saturated rings. The van der Waals surface area contributed by atoms with Gasteiger partial charge in [-0.05, 0) is 25.1 Å². The molecule has 0 amide bonds. The molecule has 1 aliphatic rings. The van der Waals surface area contributed by atoms with E-state index in [1.807, 2.05) is 30.1 Å². The van der Waals surface area contributed by atoms with Crippen LogP contribution in [-0.2, 0) is 13.0 Å². The van der Waals surface area contributed by atoms with Crippen molar-refractivity contribution in [2.75, 3.05) is 0 Å². The molecule has 0 saturated heterocycles. The lowest BCUT2D eigenvalue weighted by Gasteiger charge is -2.08. The van der Waals surface area contributed by atoms with E-state index < -0.39 is 0 Å². The van der Waals surface area contributed by atoms with Gasteiger partial charge in [-0.3, -0.25) is 0 Å². The van der Waals surface area contributed by atoms with E-state index in [-0.39, 0.29) is 12.4 Å². The lowest BCUT2D eigenvalue weighted by Crippen LogP contribution is -2.06. The van der Waals surface area contributed by atoms with E-state index in [1.165, 1.54) is 0 Å². The molecule has 0 saturated carbocycles. The van der Waals surface area contributed by atoms with Crippen molar-refractivity contribution in [3.05, 3.63) is 64.2 Å². The Bertz CT molecular complexity index is 1090. The van der Waals surface area contributed by atoms with E-state index >= 15 is 0 Å².